The summed E-state index contributed by atoms with van der Waals surface area (Å²) < 4.78 is 14.4. The molecular weight excluding hydrogens is 289 g/mol. The second-order valence-corrected chi connectivity index (χ2v) is 8.34. The van der Waals surface area contributed by atoms with E-state index in [-0.39, 0.29) is 11.2 Å². The van der Waals surface area contributed by atoms with E-state index in [1.54, 1.807) is 6.07 Å². The number of rotatable bonds is 2. The number of halogens is 1. The van der Waals surface area contributed by atoms with E-state index in [0.717, 1.165) is 40.8 Å². The standard InChI is InChI=1S/C20H22FNO/c1-11-2-3-16(21)17-15(10-23)19(22-18(11)17)20-7-12-4-13(8-20)6-14(5-12)9-20/h2-3,10,12-14,22H,4-9H2,1H3. The minimum Gasteiger partial charge on any atom is -0.357 e. The van der Waals surface area contributed by atoms with E-state index in [0.29, 0.717) is 10.9 Å². The van der Waals surface area contributed by atoms with E-state index in [1.807, 2.05) is 6.92 Å². The highest BCUT2D eigenvalue weighted by Crippen LogP contribution is 2.61. The van der Waals surface area contributed by atoms with Crippen molar-refractivity contribution in [1.29, 1.82) is 0 Å². The van der Waals surface area contributed by atoms with E-state index in [4.69, 9.17) is 0 Å². The van der Waals surface area contributed by atoms with Crippen LogP contribution in [0.25, 0.3) is 10.9 Å². The summed E-state index contributed by atoms with van der Waals surface area (Å²) in [6, 6.07) is 3.29. The number of nitrogens with one attached hydrogen (secondary N) is 1. The average molecular weight is 311 g/mol. The molecule has 0 radical (unpaired) electrons. The quantitative estimate of drug-likeness (QED) is 0.787. The first kappa shape index (κ1) is 13.8. The summed E-state index contributed by atoms with van der Waals surface area (Å²) in [4.78, 5) is 15.4. The number of aldehydes is 1. The summed E-state index contributed by atoms with van der Waals surface area (Å²) in [5.74, 6) is 2.13. The molecule has 4 bridgehead atoms. The Balaban J connectivity index is 1.76. The number of hydrogen-bond donors (Lipinski definition) is 1. The summed E-state index contributed by atoms with van der Waals surface area (Å²) in [5.41, 5.74) is 3.54. The first-order chi connectivity index (χ1) is 11.1. The molecule has 2 nitrogen and oxygen atoms in total. The van der Waals surface area contributed by atoms with Gasteiger partial charge in [0, 0.05) is 22.1 Å². The van der Waals surface area contributed by atoms with Crippen LogP contribution in [0.5, 0.6) is 0 Å². The zero-order chi connectivity index (χ0) is 15.8. The average Bonchev–Trinajstić information content (AvgIpc) is 2.91. The van der Waals surface area contributed by atoms with Crippen molar-refractivity contribution in [2.45, 2.75) is 50.9 Å². The Kier molecular flexibility index (Phi) is 2.67. The Bertz CT molecular complexity index is 783. The van der Waals surface area contributed by atoms with E-state index in [9.17, 15) is 9.18 Å². The number of carbonyl (C=O) groups is 1. The van der Waals surface area contributed by atoms with E-state index >= 15 is 0 Å². The molecule has 2 aromatic rings. The van der Waals surface area contributed by atoms with Gasteiger partial charge in [-0.15, -0.1) is 0 Å². The van der Waals surface area contributed by atoms with Crippen LogP contribution in [0.2, 0.25) is 0 Å². The van der Waals surface area contributed by atoms with Gasteiger partial charge in [-0.2, -0.15) is 0 Å². The summed E-state index contributed by atoms with van der Waals surface area (Å²) in [5, 5.41) is 0.505. The number of H-pyrrole nitrogens is 1. The third kappa shape index (κ3) is 1.76. The molecule has 4 aliphatic carbocycles. The molecule has 4 fully saturated rings. The van der Waals surface area contributed by atoms with Crippen LogP contribution in [0.1, 0.15) is 60.1 Å². The highest BCUT2D eigenvalue weighted by atomic mass is 19.1. The minimum atomic E-state index is -0.278. The molecule has 6 rings (SSSR count). The molecule has 1 heterocycles. The van der Waals surface area contributed by atoms with Crippen LogP contribution in [0.3, 0.4) is 0 Å². The number of aryl methyl sites for hydroxylation is 1. The van der Waals surface area contributed by atoms with Gasteiger partial charge in [-0.05, 0) is 74.8 Å². The molecular formula is C20H22FNO. The van der Waals surface area contributed by atoms with Gasteiger partial charge >= 0.3 is 0 Å². The Hall–Kier alpha value is -1.64. The number of aromatic amines is 1. The van der Waals surface area contributed by atoms with Crippen LogP contribution in [-0.4, -0.2) is 11.3 Å². The van der Waals surface area contributed by atoms with Gasteiger partial charge in [0.25, 0.3) is 0 Å². The smallest absolute Gasteiger partial charge is 0.152 e. The highest BCUT2D eigenvalue weighted by molar-refractivity contribution is 6.01. The predicted octanol–water partition coefficient (Wildman–Crippen LogP) is 4.90. The number of aromatic nitrogens is 1. The molecule has 120 valence electrons. The lowest BCUT2D eigenvalue weighted by atomic mass is 9.48. The van der Waals surface area contributed by atoms with Gasteiger partial charge in [-0.25, -0.2) is 4.39 Å². The van der Waals surface area contributed by atoms with Crippen LogP contribution in [0, 0.1) is 30.5 Å². The van der Waals surface area contributed by atoms with Crippen LogP contribution in [0.15, 0.2) is 12.1 Å². The second-order valence-electron chi connectivity index (χ2n) is 8.34. The van der Waals surface area contributed by atoms with Gasteiger partial charge in [0.05, 0.1) is 5.52 Å². The van der Waals surface area contributed by atoms with Gasteiger partial charge in [0.1, 0.15) is 5.82 Å². The molecule has 4 aliphatic rings. The molecule has 0 spiro atoms. The van der Waals surface area contributed by atoms with Crippen molar-refractivity contribution in [3.8, 4) is 0 Å². The fourth-order valence-electron chi connectivity index (χ4n) is 6.38. The van der Waals surface area contributed by atoms with Gasteiger partial charge < -0.3 is 4.98 Å². The SMILES string of the molecule is Cc1ccc(F)c2c(C=O)c(C34CC5CC(CC(C5)C3)C4)[nH]c12. The Morgan fingerprint density at radius 1 is 1.13 bits per heavy atom. The van der Waals surface area contributed by atoms with Gasteiger partial charge in [0.15, 0.2) is 6.29 Å². The van der Waals surface area contributed by atoms with Crippen molar-refractivity contribution in [3.63, 3.8) is 0 Å². The van der Waals surface area contributed by atoms with Crippen LogP contribution in [-0.2, 0) is 5.41 Å². The molecule has 0 amide bonds. The maximum absolute atomic E-state index is 14.4. The first-order valence-corrected chi connectivity index (χ1v) is 8.86. The van der Waals surface area contributed by atoms with Crippen molar-refractivity contribution in [3.05, 3.63) is 34.8 Å². The van der Waals surface area contributed by atoms with Gasteiger partial charge in [-0.1, -0.05) is 6.07 Å². The molecule has 3 heteroatoms. The zero-order valence-corrected chi connectivity index (χ0v) is 13.5. The first-order valence-electron chi connectivity index (χ1n) is 8.86. The zero-order valence-electron chi connectivity index (χ0n) is 13.5. The Labute approximate surface area is 135 Å². The summed E-state index contributed by atoms with van der Waals surface area (Å²) in [6.45, 7) is 1.98. The predicted molar refractivity (Wildman–Crippen MR) is 88.2 cm³/mol. The lowest BCUT2D eigenvalue weighted by Crippen LogP contribution is -2.49. The third-order valence-corrected chi connectivity index (χ3v) is 6.84. The molecule has 23 heavy (non-hydrogen) atoms. The number of benzene rings is 1. The Morgan fingerprint density at radius 3 is 2.30 bits per heavy atom. The van der Waals surface area contributed by atoms with Gasteiger partial charge in [0.2, 0.25) is 0 Å². The number of fused-ring (bicyclic) bond motifs is 1. The third-order valence-electron chi connectivity index (χ3n) is 6.84. The van der Waals surface area contributed by atoms with Crippen molar-refractivity contribution < 1.29 is 9.18 Å². The molecule has 1 aromatic heterocycles. The maximum Gasteiger partial charge on any atom is 0.152 e. The normalized spacial score (nSPS) is 35.1. The fourth-order valence-corrected chi connectivity index (χ4v) is 6.38. The molecule has 1 N–H and O–H groups in total. The van der Waals surface area contributed by atoms with Crippen molar-refractivity contribution >= 4 is 17.2 Å². The monoisotopic (exact) mass is 311 g/mol. The van der Waals surface area contributed by atoms with E-state index in [1.165, 1.54) is 44.6 Å². The van der Waals surface area contributed by atoms with Crippen molar-refractivity contribution in [2.24, 2.45) is 17.8 Å². The number of hydrogen-bond acceptors (Lipinski definition) is 1. The van der Waals surface area contributed by atoms with Crippen LogP contribution < -0.4 is 0 Å². The topological polar surface area (TPSA) is 32.9 Å². The largest absolute Gasteiger partial charge is 0.357 e. The van der Waals surface area contributed by atoms with E-state index < -0.39 is 0 Å². The Morgan fingerprint density at radius 2 is 1.74 bits per heavy atom. The van der Waals surface area contributed by atoms with Crippen LogP contribution in [0.4, 0.5) is 4.39 Å². The number of carbonyl (C=O) groups excluding carboxylic acids is 1. The summed E-state index contributed by atoms with van der Waals surface area (Å²) in [7, 11) is 0. The van der Waals surface area contributed by atoms with Crippen molar-refractivity contribution in [1.82, 2.24) is 4.98 Å². The summed E-state index contributed by atoms with van der Waals surface area (Å²) in [6.07, 6.45) is 8.50. The second kappa shape index (κ2) is 4.46. The molecule has 0 unspecified atom stereocenters. The summed E-state index contributed by atoms with van der Waals surface area (Å²) >= 11 is 0. The highest BCUT2D eigenvalue weighted by Gasteiger charge is 2.53. The van der Waals surface area contributed by atoms with E-state index in [2.05, 4.69) is 4.98 Å². The van der Waals surface area contributed by atoms with Gasteiger partial charge in [-0.3, -0.25) is 4.79 Å². The van der Waals surface area contributed by atoms with Crippen molar-refractivity contribution in [2.75, 3.05) is 0 Å². The molecule has 0 atom stereocenters. The van der Waals surface area contributed by atoms with Crippen LogP contribution >= 0.6 is 0 Å². The molecule has 1 aromatic carbocycles. The lowest BCUT2D eigenvalue weighted by molar-refractivity contribution is -0.00711. The lowest BCUT2D eigenvalue weighted by Gasteiger charge is -2.56. The molecule has 4 saturated carbocycles. The molecule has 0 saturated heterocycles. The maximum atomic E-state index is 14.4. The minimum absolute atomic E-state index is 0.0862. The molecule has 0 aliphatic heterocycles. The fraction of sp³-hybridized carbons (Fsp3) is 0.550.